The lowest BCUT2D eigenvalue weighted by Gasteiger charge is -2.07. The van der Waals surface area contributed by atoms with E-state index in [0.29, 0.717) is 11.8 Å². The summed E-state index contributed by atoms with van der Waals surface area (Å²) in [5.41, 5.74) is 1.96. The quantitative estimate of drug-likeness (QED) is 0.605. The van der Waals surface area contributed by atoms with E-state index in [0.717, 1.165) is 11.3 Å². The summed E-state index contributed by atoms with van der Waals surface area (Å²) in [4.78, 5) is 15.5. The van der Waals surface area contributed by atoms with E-state index in [9.17, 15) is 4.79 Å². The number of pyridine rings is 1. The Hall–Kier alpha value is -2.07. The van der Waals surface area contributed by atoms with Crippen LogP contribution in [0.3, 0.4) is 0 Å². The van der Waals surface area contributed by atoms with Crippen LogP contribution >= 0.6 is 11.6 Å². The number of carbonyl (C=O) groups excluding carboxylic acids is 1. The molecule has 0 aliphatic rings. The van der Waals surface area contributed by atoms with Gasteiger partial charge < -0.3 is 9.47 Å². The number of carbonyl (C=O) groups is 1. The lowest BCUT2D eigenvalue weighted by molar-refractivity contribution is -0.145. The summed E-state index contributed by atoms with van der Waals surface area (Å²) in [6.07, 6.45) is 1.79. The van der Waals surface area contributed by atoms with Crippen molar-refractivity contribution < 1.29 is 14.3 Å². The van der Waals surface area contributed by atoms with Crippen molar-refractivity contribution >= 4 is 17.6 Å². The maximum Gasteiger partial charge on any atom is 0.309 e. The number of hydrogen-bond donors (Lipinski definition) is 0. The van der Waals surface area contributed by atoms with Gasteiger partial charge in [-0.3, -0.25) is 4.79 Å². The molecular weight excluding hydrogens is 290 g/mol. The van der Waals surface area contributed by atoms with Crippen LogP contribution in [0.5, 0.6) is 5.75 Å². The summed E-state index contributed by atoms with van der Waals surface area (Å²) < 4.78 is 10.6. The van der Waals surface area contributed by atoms with Crippen molar-refractivity contribution in [2.24, 2.45) is 0 Å². The monoisotopic (exact) mass is 305 g/mol. The maximum atomic E-state index is 11.6. The first-order valence-corrected chi connectivity index (χ1v) is 6.97. The molecule has 2 rings (SSSR count). The topological polar surface area (TPSA) is 48.4 Å². The molecular formula is C16H16ClNO3. The first kappa shape index (κ1) is 15.3. The van der Waals surface area contributed by atoms with Crippen molar-refractivity contribution in [2.45, 2.75) is 20.0 Å². The highest BCUT2D eigenvalue weighted by Gasteiger charge is 2.04. The molecule has 4 nitrogen and oxygen atoms in total. The molecule has 1 heterocycles. The summed E-state index contributed by atoms with van der Waals surface area (Å²) >= 11 is 5.68. The molecule has 0 saturated carbocycles. The number of hydrogen-bond acceptors (Lipinski definition) is 4. The van der Waals surface area contributed by atoms with Crippen LogP contribution in [0, 0.1) is 6.92 Å². The van der Waals surface area contributed by atoms with Crippen molar-refractivity contribution in [1.82, 2.24) is 4.98 Å². The number of benzene rings is 1. The number of nitrogens with zero attached hydrogens (tertiary/aromatic N) is 1. The Morgan fingerprint density at radius 3 is 2.62 bits per heavy atom. The predicted molar refractivity (Wildman–Crippen MR) is 80.3 cm³/mol. The van der Waals surface area contributed by atoms with Gasteiger partial charge in [0.2, 0.25) is 0 Å². The van der Waals surface area contributed by atoms with E-state index in [1.165, 1.54) is 5.56 Å². The van der Waals surface area contributed by atoms with Crippen molar-refractivity contribution in [3.63, 3.8) is 0 Å². The summed E-state index contributed by atoms with van der Waals surface area (Å²) in [6, 6.07) is 11.1. The van der Waals surface area contributed by atoms with E-state index in [1.54, 1.807) is 18.3 Å². The second-order valence-electron chi connectivity index (χ2n) is 4.56. The highest BCUT2D eigenvalue weighted by molar-refractivity contribution is 6.29. The third-order valence-corrected chi connectivity index (χ3v) is 3.01. The molecule has 0 amide bonds. The highest BCUT2D eigenvalue weighted by atomic mass is 35.5. The summed E-state index contributed by atoms with van der Waals surface area (Å²) in [5.74, 6) is 0.437. The SMILES string of the molecule is Cc1ccc(OCCC(=O)OCc2ccc(Cl)nc2)cc1. The Kier molecular flexibility index (Phi) is 5.58. The molecule has 21 heavy (non-hydrogen) atoms. The third-order valence-electron chi connectivity index (χ3n) is 2.78. The first-order valence-electron chi connectivity index (χ1n) is 6.59. The number of esters is 1. The van der Waals surface area contributed by atoms with Crippen LogP contribution in [0.15, 0.2) is 42.6 Å². The smallest absolute Gasteiger partial charge is 0.309 e. The molecule has 0 saturated heterocycles. The van der Waals surface area contributed by atoms with E-state index in [1.807, 2.05) is 31.2 Å². The van der Waals surface area contributed by atoms with Crippen LogP contribution in [0.2, 0.25) is 5.15 Å². The largest absolute Gasteiger partial charge is 0.493 e. The first-order chi connectivity index (χ1) is 10.1. The number of aromatic nitrogens is 1. The second kappa shape index (κ2) is 7.64. The van der Waals surface area contributed by atoms with Crippen LogP contribution < -0.4 is 4.74 Å². The molecule has 1 aromatic heterocycles. The minimum Gasteiger partial charge on any atom is -0.493 e. The fourth-order valence-corrected chi connectivity index (χ4v) is 1.73. The van der Waals surface area contributed by atoms with E-state index < -0.39 is 0 Å². The van der Waals surface area contributed by atoms with Crippen LogP contribution in [-0.4, -0.2) is 17.6 Å². The normalized spacial score (nSPS) is 10.2. The predicted octanol–water partition coefficient (Wildman–Crippen LogP) is 3.56. The Morgan fingerprint density at radius 2 is 1.95 bits per heavy atom. The molecule has 0 unspecified atom stereocenters. The molecule has 5 heteroatoms. The zero-order valence-corrected chi connectivity index (χ0v) is 12.5. The maximum absolute atomic E-state index is 11.6. The molecule has 0 atom stereocenters. The summed E-state index contributed by atoms with van der Waals surface area (Å²) in [6.45, 7) is 2.49. The minimum atomic E-state index is -0.308. The van der Waals surface area contributed by atoms with E-state index >= 15 is 0 Å². The molecule has 0 aliphatic heterocycles. The standard InChI is InChI=1S/C16H16ClNO3/c1-12-2-5-14(6-3-12)20-9-8-16(19)21-11-13-4-7-15(17)18-10-13/h2-7,10H,8-9,11H2,1H3. The number of ether oxygens (including phenoxy) is 2. The van der Waals surface area contributed by atoms with Gasteiger partial charge in [-0.15, -0.1) is 0 Å². The summed E-state index contributed by atoms with van der Waals surface area (Å²) in [5, 5.41) is 0.413. The van der Waals surface area contributed by atoms with Gasteiger partial charge in [0.1, 0.15) is 17.5 Å². The Balaban J connectivity index is 1.67. The average Bonchev–Trinajstić information content (AvgIpc) is 2.49. The van der Waals surface area contributed by atoms with Gasteiger partial charge in [0.05, 0.1) is 13.0 Å². The van der Waals surface area contributed by atoms with Crippen LogP contribution in [-0.2, 0) is 16.1 Å². The van der Waals surface area contributed by atoms with Gasteiger partial charge in [-0.2, -0.15) is 0 Å². The van der Waals surface area contributed by atoms with Gasteiger partial charge in [0.25, 0.3) is 0 Å². The zero-order chi connectivity index (χ0) is 15.1. The molecule has 0 spiro atoms. The second-order valence-corrected chi connectivity index (χ2v) is 4.95. The van der Waals surface area contributed by atoms with Crippen LogP contribution in [0.25, 0.3) is 0 Å². The van der Waals surface area contributed by atoms with Crippen LogP contribution in [0.4, 0.5) is 0 Å². The van der Waals surface area contributed by atoms with Crippen LogP contribution in [0.1, 0.15) is 17.5 Å². The molecule has 2 aromatic rings. The van der Waals surface area contributed by atoms with E-state index in [-0.39, 0.29) is 19.0 Å². The molecule has 0 fully saturated rings. The molecule has 0 aliphatic carbocycles. The molecule has 0 bridgehead atoms. The van der Waals surface area contributed by atoms with Gasteiger partial charge in [0, 0.05) is 11.8 Å². The van der Waals surface area contributed by atoms with Gasteiger partial charge in [-0.25, -0.2) is 4.98 Å². The van der Waals surface area contributed by atoms with Crippen molar-refractivity contribution in [3.8, 4) is 5.75 Å². The Morgan fingerprint density at radius 1 is 1.19 bits per heavy atom. The fourth-order valence-electron chi connectivity index (χ4n) is 1.61. The number of aryl methyl sites for hydroxylation is 1. The molecule has 1 aromatic carbocycles. The molecule has 110 valence electrons. The number of halogens is 1. The van der Waals surface area contributed by atoms with Crippen molar-refractivity contribution in [1.29, 1.82) is 0 Å². The molecule has 0 radical (unpaired) electrons. The van der Waals surface area contributed by atoms with E-state index in [4.69, 9.17) is 21.1 Å². The van der Waals surface area contributed by atoms with Gasteiger partial charge in [-0.05, 0) is 25.1 Å². The van der Waals surface area contributed by atoms with Crippen molar-refractivity contribution in [2.75, 3.05) is 6.61 Å². The minimum absolute atomic E-state index is 0.188. The Bertz CT molecular complexity index is 581. The van der Waals surface area contributed by atoms with E-state index in [2.05, 4.69) is 4.98 Å². The van der Waals surface area contributed by atoms with Gasteiger partial charge in [0.15, 0.2) is 0 Å². The Labute approximate surface area is 128 Å². The van der Waals surface area contributed by atoms with Gasteiger partial charge >= 0.3 is 5.97 Å². The number of rotatable bonds is 6. The fraction of sp³-hybridized carbons (Fsp3) is 0.250. The lowest BCUT2D eigenvalue weighted by Crippen LogP contribution is -2.10. The lowest BCUT2D eigenvalue weighted by atomic mass is 10.2. The summed E-state index contributed by atoms with van der Waals surface area (Å²) in [7, 11) is 0. The zero-order valence-electron chi connectivity index (χ0n) is 11.7. The highest BCUT2D eigenvalue weighted by Crippen LogP contribution is 2.12. The van der Waals surface area contributed by atoms with Crippen molar-refractivity contribution in [3.05, 3.63) is 58.9 Å². The third kappa shape index (κ3) is 5.44. The average molecular weight is 306 g/mol. The van der Waals surface area contributed by atoms with Gasteiger partial charge in [-0.1, -0.05) is 35.4 Å². The molecule has 0 N–H and O–H groups in total.